The number of methoxy groups -OCH3 is 2. The summed E-state index contributed by atoms with van der Waals surface area (Å²) < 4.78 is 62.4. The lowest BCUT2D eigenvalue weighted by Crippen LogP contribution is -2.68. The highest BCUT2D eigenvalue weighted by atomic mass is 32.3. The van der Waals surface area contributed by atoms with Gasteiger partial charge in [-0.2, -0.15) is 0 Å². The number of hydrogen-bond acceptors (Lipinski definition) is 15. The van der Waals surface area contributed by atoms with Crippen LogP contribution in [0.1, 0.15) is 6.92 Å². The third-order valence-corrected chi connectivity index (χ3v) is 5.11. The molecule has 4 unspecified atom stereocenters. The van der Waals surface area contributed by atoms with Crippen LogP contribution >= 0.6 is 0 Å². The number of amides is 1. The molecule has 0 spiro atoms. The van der Waals surface area contributed by atoms with Gasteiger partial charge >= 0.3 is 0 Å². The van der Waals surface area contributed by atoms with E-state index in [0.717, 1.165) is 21.1 Å². The molecule has 32 heavy (non-hydrogen) atoms. The highest BCUT2D eigenvalue weighted by molar-refractivity contribution is 7.80. The molecule has 0 aliphatic carbocycles. The molecule has 0 aromatic heterocycles. The number of ether oxygens (including phenoxy) is 5. The van der Waals surface area contributed by atoms with Crippen LogP contribution in [-0.4, -0.2) is 116 Å². The van der Waals surface area contributed by atoms with E-state index in [9.17, 15) is 43.0 Å². The zero-order valence-electron chi connectivity index (χ0n) is 16.9. The van der Waals surface area contributed by atoms with E-state index >= 15 is 0 Å². The number of carboxylic acids is 1. The van der Waals surface area contributed by atoms with Gasteiger partial charge in [0.05, 0.1) is 5.97 Å². The Balaban J connectivity index is 2.37. The average Bonchev–Trinajstić information content (AvgIpc) is 2.68. The van der Waals surface area contributed by atoms with Crippen molar-refractivity contribution in [2.45, 2.75) is 68.5 Å². The maximum Gasteiger partial charge on any atom is 0.220 e. The smallest absolute Gasteiger partial charge is 0.220 e. The maximum absolute atomic E-state index is 11.6. The first-order valence-corrected chi connectivity index (χ1v) is 10.3. The molecule has 2 heterocycles. The number of hydrogen-bond donors (Lipinski definition) is 4. The number of rotatable bonds is 8. The Labute approximate surface area is 181 Å². The van der Waals surface area contributed by atoms with E-state index in [-0.39, 0.29) is 0 Å². The largest absolute Gasteiger partial charge is 0.725 e. The van der Waals surface area contributed by atoms with Gasteiger partial charge in [-0.1, -0.05) is 0 Å². The van der Waals surface area contributed by atoms with Crippen molar-refractivity contribution in [3.63, 3.8) is 0 Å². The van der Waals surface area contributed by atoms with Gasteiger partial charge in [-0.25, -0.2) is 12.6 Å². The molecule has 2 saturated heterocycles. The van der Waals surface area contributed by atoms with E-state index < -0.39 is 83.8 Å². The molecule has 0 bridgehead atoms. The van der Waals surface area contributed by atoms with Crippen LogP contribution in [0.4, 0.5) is 0 Å². The molecule has 10 atom stereocenters. The van der Waals surface area contributed by atoms with Gasteiger partial charge in [0.1, 0.15) is 42.7 Å². The van der Waals surface area contributed by atoms with Crippen molar-refractivity contribution in [2.75, 3.05) is 14.2 Å². The first-order valence-electron chi connectivity index (χ1n) is 8.99. The van der Waals surface area contributed by atoms with Crippen LogP contribution < -0.4 is 10.4 Å². The van der Waals surface area contributed by atoms with Crippen LogP contribution in [-0.2, 0) is 47.9 Å². The lowest BCUT2D eigenvalue weighted by Gasteiger charge is -2.47. The van der Waals surface area contributed by atoms with Crippen LogP contribution in [0.2, 0.25) is 0 Å². The fourth-order valence-electron chi connectivity index (χ4n) is 3.32. The first-order chi connectivity index (χ1) is 14.8. The van der Waals surface area contributed by atoms with Gasteiger partial charge in [0.2, 0.25) is 22.6 Å². The van der Waals surface area contributed by atoms with E-state index in [1.165, 1.54) is 0 Å². The molecule has 2 aliphatic heterocycles. The van der Waals surface area contributed by atoms with Gasteiger partial charge in [0.25, 0.3) is 0 Å². The molecule has 0 aromatic carbocycles. The Morgan fingerprint density at radius 1 is 0.938 bits per heavy atom. The molecular weight excluding hydrogens is 466 g/mol. The zero-order chi connectivity index (χ0) is 24.4. The van der Waals surface area contributed by atoms with E-state index in [0.29, 0.717) is 0 Å². The summed E-state index contributed by atoms with van der Waals surface area (Å²) in [6.45, 7) is 1.08. The van der Waals surface area contributed by atoms with Crippen molar-refractivity contribution in [3.8, 4) is 0 Å². The van der Waals surface area contributed by atoms with Crippen molar-refractivity contribution in [1.82, 2.24) is 5.32 Å². The lowest BCUT2D eigenvalue weighted by atomic mass is 9.97. The molecule has 2 fully saturated rings. The van der Waals surface area contributed by atoms with Gasteiger partial charge in [0.15, 0.2) is 12.6 Å². The molecule has 1 amide bonds. The summed E-state index contributed by atoms with van der Waals surface area (Å²) in [6, 6.07) is -1.41. The third kappa shape index (κ3) is 6.08. The molecule has 0 radical (unpaired) electrons. The van der Waals surface area contributed by atoms with Crippen LogP contribution in [0.25, 0.3) is 0 Å². The van der Waals surface area contributed by atoms with E-state index in [1.54, 1.807) is 0 Å². The summed E-state index contributed by atoms with van der Waals surface area (Å²) in [4.78, 5) is 23.0. The summed E-state index contributed by atoms with van der Waals surface area (Å²) in [5.41, 5.74) is 0. The monoisotopic (exact) mass is 489 g/mol. The number of carbonyl (C=O) groups excluding carboxylic acids is 2. The molecule has 186 valence electrons. The quantitative estimate of drug-likeness (QED) is 0.183. The van der Waals surface area contributed by atoms with Crippen LogP contribution in [0.5, 0.6) is 0 Å². The molecule has 2 aliphatic rings. The van der Waals surface area contributed by atoms with Crippen molar-refractivity contribution in [1.29, 1.82) is 0 Å². The third-order valence-electron chi connectivity index (χ3n) is 4.69. The van der Waals surface area contributed by atoms with Crippen LogP contribution in [0.15, 0.2) is 0 Å². The molecule has 4 N–H and O–H groups in total. The second-order valence-corrected chi connectivity index (χ2v) is 7.87. The maximum atomic E-state index is 11.6. The Kier molecular flexibility index (Phi) is 8.87. The van der Waals surface area contributed by atoms with Crippen LogP contribution in [0, 0.1) is 0 Å². The summed E-state index contributed by atoms with van der Waals surface area (Å²) in [7, 11) is -3.27. The predicted molar refractivity (Wildman–Crippen MR) is 91.4 cm³/mol. The Morgan fingerprint density at radius 3 is 2.03 bits per heavy atom. The molecule has 17 heteroatoms. The van der Waals surface area contributed by atoms with E-state index in [2.05, 4.69) is 9.50 Å². The Bertz CT molecular complexity index is 777. The van der Waals surface area contributed by atoms with Gasteiger partial charge in [0, 0.05) is 21.1 Å². The summed E-state index contributed by atoms with van der Waals surface area (Å²) in [5, 5.41) is 44.7. The van der Waals surface area contributed by atoms with Crippen molar-refractivity contribution in [2.24, 2.45) is 0 Å². The highest BCUT2D eigenvalue weighted by Crippen LogP contribution is 2.31. The predicted octanol–water partition coefficient (Wildman–Crippen LogP) is -5.75. The van der Waals surface area contributed by atoms with Crippen molar-refractivity contribution >= 4 is 22.3 Å². The molecule has 0 saturated carbocycles. The van der Waals surface area contributed by atoms with E-state index in [4.69, 9.17) is 23.7 Å². The number of carbonyl (C=O) groups is 2. The van der Waals surface area contributed by atoms with Crippen LogP contribution in [0.3, 0.4) is 0 Å². The number of aliphatic hydroxyl groups is 3. The highest BCUT2D eigenvalue weighted by Gasteiger charge is 2.53. The van der Waals surface area contributed by atoms with Gasteiger partial charge in [-0.15, -0.1) is 0 Å². The molecule has 2 rings (SSSR count). The summed E-state index contributed by atoms with van der Waals surface area (Å²) >= 11 is 0. The second-order valence-electron chi connectivity index (χ2n) is 6.86. The number of nitrogens with one attached hydrogen (secondary N) is 1. The average molecular weight is 489 g/mol. The van der Waals surface area contributed by atoms with Gasteiger partial charge in [-0.05, 0) is 0 Å². The number of aliphatic carboxylic acids is 1. The fourth-order valence-corrected chi connectivity index (χ4v) is 3.72. The van der Waals surface area contributed by atoms with Crippen molar-refractivity contribution < 1.29 is 70.9 Å². The normalized spacial score (nSPS) is 40.6. The fraction of sp³-hybridized carbons (Fsp3) is 0.867. The van der Waals surface area contributed by atoms with Crippen molar-refractivity contribution in [3.05, 3.63) is 0 Å². The summed E-state index contributed by atoms with van der Waals surface area (Å²) in [6.07, 6.45) is -16.8. The number of aliphatic hydroxyl groups excluding tert-OH is 3. The second kappa shape index (κ2) is 10.6. The Morgan fingerprint density at radius 2 is 1.56 bits per heavy atom. The summed E-state index contributed by atoms with van der Waals surface area (Å²) in [5.74, 6) is -2.51. The Hall–Kier alpha value is -1.51. The first kappa shape index (κ1) is 26.7. The standard InChI is InChI=1S/C15H25NO15S/c1-4(17)16-5-9(8(20)15(30-13(5)27-3)31-32(23,24)25)28-14-7(19)6(18)10(26-2)11(29-14)12(21)22/h5-11,13-15,18-20H,1-3H3,(H,16,17)(H,21,22)(H,23,24,25)/p-2/t5?,6?,7?,8-,9?,10-,11-,13-,14-,15+/m0/s1. The SMILES string of the molecule is CO[C@H]1O[C@H](OS(=O)(=O)[O-])[C@@H](O)C(O[C@H]2O[C@H](C(=O)[O-])[C@@H](OC)C(O)C2O)C1NC(C)=O. The van der Waals surface area contributed by atoms with Gasteiger partial charge in [-0.3, -0.25) is 4.79 Å². The van der Waals surface area contributed by atoms with Gasteiger partial charge < -0.3 is 58.8 Å². The minimum Gasteiger partial charge on any atom is -0.725 e. The minimum atomic E-state index is -5.39. The zero-order valence-corrected chi connectivity index (χ0v) is 17.7. The lowest BCUT2D eigenvalue weighted by molar-refractivity contribution is -0.371. The minimum absolute atomic E-state index is 0.686. The van der Waals surface area contributed by atoms with E-state index in [1.807, 2.05) is 0 Å². The molecule has 16 nitrogen and oxygen atoms in total. The molecular formula is C15H23NO15S-2. The topological polar surface area (TPSA) is 242 Å². The number of carboxylic acid groups (broad SMARTS) is 1. The molecule has 0 aromatic rings.